The molecule has 18 heavy (non-hydrogen) atoms. The van der Waals surface area contributed by atoms with Gasteiger partial charge in [-0.1, -0.05) is 6.07 Å². The Morgan fingerprint density at radius 2 is 2.11 bits per heavy atom. The van der Waals surface area contributed by atoms with Crippen molar-refractivity contribution < 1.29 is 14.3 Å². The summed E-state index contributed by atoms with van der Waals surface area (Å²) in [5.41, 5.74) is 2.08. The Kier molecular flexibility index (Phi) is 5.59. The first kappa shape index (κ1) is 13.9. The van der Waals surface area contributed by atoms with Crippen LogP contribution in [-0.2, 0) is 22.4 Å². The summed E-state index contributed by atoms with van der Waals surface area (Å²) in [5, 5.41) is 8.70. The SMILES string of the molecule is CCOC(=O)c1cc(CC#N)cc(CCC=O)c1. The van der Waals surface area contributed by atoms with E-state index in [9.17, 15) is 9.59 Å². The highest BCUT2D eigenvalue weighted by atomic mass is 16.5. The van der Waals surface area contributed by atoms with E-state index in [1.807, 2.05) is 12.1 Å². The van der Waals surface area contributed by atoms with Crippen LogP contribution >= 0.6 is 0 Å². The van der Waals surface area contributed by atoms with Crippen molar-refractivity contribution in [3.63, 3.8) is 0 Å². The Bertz CT molecular complexity index is 474. The first-order valence-corrected chi connectivity index (χ1v) is 5.81. The van der Waals surface area contributed by atoms with Crippen LogP contribution in [0.4, 0.5) is 0 Å². The Labute approximate surface area is 106 Å². The van der Waals surface area contributed by atoms with Crippen molar-refractivity contribution in [1.29, 1.82) is 5.26 Å². The molecule has 94 valence electrons. The molecule has 0 aliphatic carbocycles. The zero-order chi connectivity index (χ0) is 13.4. The first-order chi connectivity index (χ1) is 8.71. The molecule has 0 aromatic heterocycles. The number of hydrogen-bond acceptors (Lipinski definition) is 4. The van der Waals surface area contributed by atoms with Gasteiger partial charge in [0.15, 0.2) is 0 Å². The molecule has 1 aromatic carbocycles. The Hall–Kier alpha value is -2.15. The fraction of sp³-hybridized carbons (Fsp3) is 0.357. The van der Waals surface area contributed by atoms with Crippen molar-refractivity contribution in [3.05, 3.63) is 34.9 Å². The standard InChI is InChI=1S/C14H15NO3/c1-2-18-14(17)13-9-11(4-3-7-16)8-12(10-13)5-6-15/h7-10H,2-5H2,1H3. The lowest BCUT2D eigenvalue weighted by molar-refractivity contribution is -0.107. The zero-order valence-electron chi connectivity index (χ0n) is 10.3. The molecular formula is C14H15NO3. The lowest BCUT2D eigenvalue weighted by Crippen LogP contribution is -2.06. The summed E-state index contributed by atoms with van der Waals surface area (Å²) >= 11 is 0. The molecule has 0 radical (unpaired) electrons. The van der Waals surface area contributed by atoms with E-state index in [0.717, 1.165) is 17.4 Å². The van der Waals surface area contributed by atoms with Gasteiger partial charge in [-0.15, -0.1) is 0 Å². The number of nitriles is 1. The van der Waals surface area contributed by atoms with Crippen LogP contribution in [0.5, 0.6) is 0 Å². The number of carbonyl (C=O) groups is 2. The van der Waals surface area contributed by atoms with Gasteiger partial charge in [0.05, 0.1) is 24.7 Å². The van der Waals surface area contributed by atoms with Crippen LogP contribution in [0.15, 0.2) is 18.2 Å². The van der Waals surface area contributed by atoms with Crippen molar-refractivity contribution in [2.75, 3.05) is 6.61 Å². The van der Waals surface area contributed by atoms with Gasteiger partial charge in [-0.05, 0) is 36.6 Å². The summed E-state index contributed by atoms with van der Waals surface area (Å²) in [6.07, 6.45) is 2.04. The maximum atomic E-state index is 11.7. The van der Waals surface area contributed by atoms with Gasteiger partial charge < -0.3 is 9.53 Å². The van der Waals surface area contributed by atoms with Crippen LogP contribution in [0.1, 0.15) is 34.8 Å². The van der Waals surface area contributed by atoms with E-state index in [1.54, 1.807) is 19.1 Å². The summed E-state index contributed by atoms with van der Waals surface area (Å²) in [5.74, 6) is -0.398. The molecule has 0 saturated carbocycles. The largest absolute Gasteiger partial charge is 0.462 e. The number of aldehydes is 1. The number of benzene rings is 1. The van der Waals surface area contributed by atoms with Gasteiger partial charge in [0.1, 0.15) is 6.29 Å². The number of esters is 1. The molecule has 0 aliphatic rings. The van der Waals surface area contributed by atoms with Gasteiger partial charge in [0.2, 0.25) is 0 Å². The van der Waals surface area contributed by atoms with E-state index in [-0.39, 0.29) is 6.42 Å². The van der Waals surface area contributed by atoms with Gasteiger partial charge in [-0.3, -0.25) is 0 Å². The van der Waals surface area contributed by atoms with Crippen molar-refractivity contribution in [2.45, 2.75) is 26.2 Å². The van der Waals surface area contributed by atoms with Gasteiger partial charge >= 0.3 is 5.97 Å². The normalized spacial score (nSPS) is 9.56. The Morgan fingerprint density at radius 3 is 2.72 bits per heavy atom. The third-order valence-corrected chi connectivity index (χ3v) is 2.40. The minimum atomic E-state index is -0.398. The number of rotatable bonds is 6. The average molecular weight is 245 g/mol. The quantitative estimate of drug-likeness (QED) is 0.568. The maximum Gasteiger partial charge on any atom is 0.338 e. The highest BCUT2D eigenvalue weighted by molar-refractivity contribution is 5.89. The molecule has 0 atom stereocenters. The maximum absolute atomic E-state index is 11.7. The summed E-state index contributed by atoms with van der Waals surface area (Å²) < 4.78 is 4.93. The monoisotopic (exact) mass is 245 g/mol. The number of ether oxygens (including phenoxy) is 1. The number of aryl methyl sites for hydroxylation is 1. The van der Waals surface area contributed by atoms with Crippen LogP contribution in [0.25, 0.3) is 0 Å². The second-order valence-corrected chi connectivity index (χ2v) is 3.80. The smallest absolute Gasteiger partial charge is 0.338 e. The van der Waals surface area contributed by atoms with E-state index in [4.69, 9.17) is 10.00 Å². The van der Waals surface area contributed by atoms with E-state index in [2.05, 4.69) is 0 Å². The van der Waals surface area contributed by atoms with E-state index in [0.29, 0.717) is 25.0 Å². The lowest BCUT2D eigenvalue weighted by atomic mass is 10.0. The third-order valence-electron chi connectivity index (χ3n) is 2.40. The molecule has 0 heterocycles. The number of hydrogen-bond donors (Lipinski definition) is 0. The summed E-state index contributed by atoms with van der Waals surface area (Å²) in [7, 11) is 0. The predicted molar refractivity (Wildman–Crippen MR) is 66.1 cm³/mol. The topological polar surface area (TPSA) is 67.2 Å². The van der Waals surface area contributed by atoms with Crippen molar-refractivity contribution in [3.8, 4) is 6.07 Å². The summed E-state index contributed by atoms with van der Waals surface area (Å²) in [4.78, 5) is 22.0. The van der Waals surface area contributed by atoms with Crippen molar-refractivity contribution >= 4 is 12.3 Å². The van der Waals surface area contributed by atoms with Crippen molar-refractivity contribution in [2.24, 2.45) is 0 Å². The molecule has 0 bridgehead atoms. The zero-order valence-corrected chi connectivity index (χ0v) is 10.3. The van der Waals surface area contributed by atoms with Crippen LogP contribution < -0.4 is 0 Å². The molecule has 0 fully saturated rings. The Balaban J connectivity index is 3.01. The molecule has 0 spiro atoms. The van der Waals surface area contributed by atoms with Crippen LogP contribution in [0, 0.1) is 11.3 Å². The molecular weight excluding hydrogens is 230 g/mol. The summed E-state index contributed by atoms with van der Waals surface area (Å²) in [6, 6.07) is 7.26. The molecule has 0 saturated heterocycles. The van der Waals surface area contributed by atoms with E-state index in [1.165, 1.54) is 0 Å². The van der Waals surface area contributed by atoms with Crippen LogP contribution in [-0.4, -0.2) is 18.9 Å². The second kappa shape index (κ2) is 7.23. The van der Waals surface area contributed by atoms with Gasteiger partial charge in [0.25, 0.3) is 0 Å². The highest BCUT2D eigenvalue weighted by Gasteiger charge is 2.09. The number of carbonyl (C=O) groups excluding carboxylic acids is 2. The van der Waals surface area contributed by atoms with Crippen molar-refractivity contribution in [1.82, 2.24) is 0 Å². The van der Waals surface area contributed by atoms with Crippen LogP contribution in [0.2, 0.25) is 0 Å². The minimum Gasteiger partial charge on any atom is -0.462 e. The minimum absolute atomic E-state index is 0.237. The third kappa shape index (κ3) is 4.02. The fourth-order valence-corrected chi connectivity index (χ4v) is 1.66. The van der Waals surface area contributed by atoms with E-state index >= 15 is 0 Å². The molecule has 0 aliphatic heterocycles. The molecule has 0 amide bonds. The molecule has 1 aromatic rings. The molecule has 0 unspecified atom stereocenters. The second-order valence-electron chi connectivity index (χ2n) is 3.80. The molecule has 4 heteroatoms. The predicted octanol–water partition coefficient (Wildman–Crippen LogP) is 2.06. The van der Waals surface area contributed by atoms with Gasteiger partial charge in [-0.25, -0.2) is 4.79 Å². The first-order valence-electron chi connectivity index (χ1n) is 5.81. The fourth-order valence-electron chi connectivity index (χ4n) is 1.66. The van der Waals surface area contributed by atoms with E-state index < -0.39 is 5.97 Å². The molecule has 4 nitrogen and oxygen atoms in total. The average Bonchev–Trinajstić information content (AvgIpc) is 2.37. The Morgan fingerprint density at radius 1 is 1.39 bits per heavy atom. The highest BCUT2D eigenvalue weighted by Crippen LogP contribution is 2.14. The molecule has 1 rings (SSSR count). The van der Waals surface area contributed by atoms with Crippen LogP contribution in [0.3, 0.4) is 0 Å². The van der Waals surface area contributed by atoms with Gasteiger partial charge in [0, 0.05) is 6.42 Å². The number of nitrogens with zero attached hydrogens (tertiary/aromatic N) is 1. The van der Waals surface area contributed by atoms with Gasteiger partial charge in [-0.2, -0.15) is 5.26 Å². The molecule has 0 N–H and O–H groups in total. The lowest BCUT2D eigenvalue weighted by Gasteiger charge is -2.07. The summed E-state index contributed by atoms with van der Waals surface area (Å²) in [6.45, 7) is 2.05.